The van der Waals surface area contributed by atoms with Crippen molar-refractivity contribution >= 4 is 5.91 Å². The van der Waals surface area contributed by atoms with Crippen LogP contribution in [0.25, 0.3) is 11.4 Å². The van der Waals surface area contributed by atoms with Gasteiger partial charge in [-0.25, -0.2) is 9.97 Å². The average molecular weight is 315 g/mol. The lowest BCUT2D eigenvalue weighted by Gasteiger charge is -2.15. The summed E-state index contributed by atoms with van der Waals surface area (Å²) >= 11 is 0. The molecular formula is C16H21N5O2. The molecule has 0 saturated carbocycles. The van der Waals surface area contributed by atoms with Crippen molar-refractivity contribution in [3.8, 4) is 11.4 Å². The molecule has 0 N–H and O–H groups in total. The van der Waals surface area contributed by atoms with Crippen molar-refractivity contribution in [2.75, 3.05) is 26.8 Å². The highest BCUT2D eigenvalue weighted by molar-refractivity contribution is 5.77. The number of carbonyl (C=O) groups excluding carboxylic acids is 1. The van der Waals surface area contributed by atoms with E-state index in [0.29, 0.717) is 5.92 Å². The van der Waals surface area contributed by atoms with Gasteiger partial charge < -0.3 is 14.2 Å². The van der Waals surface area contributed by atoms with E-state index in [9.17, 15) is 4.79 Å². The average Bonchev–Trinajstić information content (AvgIpc) is 3.17. The van der Waals surface area contributed by atoms with Crippen molar-refractivity contribution < 1.29 is 9.53 Å². The van der Waals surface area contributed by atoms with Crippen LogP contribution in [0, 0.1) is 5.92 Å². The zero-order valence-electron chi connectivity index (χ0n) is 13.5. The molecule has 2 aromatic rings. The first-order valence-corrected chi connectivity index (χ1v) is 7.71. The Labute approximate surface area is 135 Å². The number of methoxy groups -OCH3 is 1. The van der Waals surface area contributed by atoms with Crippen molar-refractivity contribution in [2.24, 2.45) is 13.0 Å². The summed E-state index contributed by atoms with van der Waals surface area (Å²) in [6.07, 6.45) is 8.92. The summed E-state index contributed by atoms with van der Waals surface area (Å²) in [6.45, 7) is 1.71. The molecule has 1 amide bonds. The van der Waals surface area contributed by atoms with Crippen LogP contribution < -0.4 is 0 Å². The van der Waals surface area contributed by atoms with Gasteiger partial charge in [-0.15, -0.1) is 0 Å². The number of aryl methyl sites for hydroxylation is 1. The van der Waals surface area contributed by atoms with E-state index in [4.69, 9.17) is 9.72 Å². The lowest BCUT2D eigenvalue weighted by molar-refractivity contribution is -0.134. The second-order valence-corrected chi connectivity index (χ2v) is 5.92. The Kier molecular flexibility index (Phi) is 4.66. The van der Waals surface area contributed by atoms with Gasteiger partial charge in [-0.3, -0.25) is 9.78 Å². The first-order chi connectivity index (χ1) is 11.2. The molecule has 122 valence electrons. The number of hydrogen-bond donors (Lipinski definition) is 0. The van der Waals surface area contributed by atoms with Crippen LogP contribution in [-0.2, 0) is 23.0 Å². The van der Waals surface area contributed by atoms with E-state index in [1.54, 1.807) is 32.0 Å². The molecule has 3 heterocycles. The van der Waals surface area contributed by atoms with Gasteiger partial charge in [0.15, 0.2) is 0 Å². The van der Waals surface area contributed by atoms with E-state index in [1.807, 2.05) is 16.5 Å². The van der Waals surface area contributed by atoms with Gasteiger partial charge in [0.2, 0.25) is 5.91 Å². The molecule has 1 saturated heterocycles. The number of likely N-dealkylation sites (tertiary alicyclic amines) is 1. The minimum atomic E-state index is 0.0599. The summed E-state index contributed by atoms with van der Waals surface area (Å²) in [5.41, 5.74) is 2.73. The molecule has 0 spiro atoms. The van der Waals surface area contributed by atoms with Gasteiger partial charge in [-0.2, -0.15) is 0 Å². The Morgan fingerprint density at radius 3 is 2.96 bits per heavy atom. The van der Waals surface area contributed by atoms with Gasteiger partial charge in [0, 0.05) is 33.4 Å². The van der Waals surface area contributed by atoms with Crippen LogP contribution in [0.1, 0.15) is 12.1 Å². The fraction of sp³-hybridized carbons (Fsp3) is 0.500. The molecule has 1 aliphatic heterocycles. The van der Waals surface area contributed by atoms with E-state index in [2.05, 4.69) is 9.97 Å². The number of nitrogens with zero attached hydrogens (tertiary/aromatic N) is 5. The molecule has 7 heteroatoms. The van der Waals surface area contributed by atoms with Gasteiger partial charge in [0.1, 0.15) is 12.3 Å². The Morgan fingerprint density at radius 2 is 2.22 bits per heavy atom. The largest absolute Gasteiger partial charge is 0.375 e. The number of ether oxygens (including phenoxy) is 1. The molecule has 1 atom stereocenters. The summed E-state index contributed by atoms with van der Waals surface area (Å²) in [5.74, 6) is 0.483. The van der Waals surface area contributed by atoms with E-state index in [-0.39, 0.29) is 12.5 Å². The van der Waals surface area contributed by atoms with Crippen LogP contribution in [0.15, 0.2) is 24.9 Å². The van der Waals surface area contributed by atoms with Crippen molar-refractivity contribution in [1.82, 2.24) is 24.4 Å². The third-order valence-electron chi connectivity index (χ3n) is 4.17. The fourth-order valence-electron chi connectivity index (χ4n) is 2.97. The van der Waals surface area contributed by atoms with Gasteiger partial charge in [-0.05, 0) is 18.8 Å². The first-order valence-electron chi connectivity index (χ1n) is 7.71. The van der Waals surface area contributed by atoms with E-state index < -0.39 is 0 Å². The van der Waals surface area contributed by atoms with E-state index in [1.165, 1.54) is 0 Å². The Bertz CT molecular complexity index is 685. The standard InChI is InChI=1S/C16H21N5O2/c1-20-11-18-8-15(20)14-7-17-6-13(19-14)5-12-3-4-21(9-12)16(22)10-23-2/h6-8,11-12H,3-5,9-10H2,1-2H3/t12-/m1/s1. The Balaban J connectivity index is 1.65. The fourth-order valence-corrected chi connectivity index (χ4v) is 2.97. The van der Waals surface area contributed by atoms with Crippen molar-refractivity contribution in [3.05, 3.63) is 30.6 Å². The molecule has 2 aromatic heterocycles. The highest BCUT2D eigenvalue weighted by Gasteiger charge is 2.26. The molecule has 0 aliphatic carbocycles. The summed E-state index contributed by atoms with van der Waals surface area (Å²) in [7, 11) is 3.48. The normalized spacial score (nSPS) is 17.7. The molecule has 0 aromatic carbocycles. The molecule has 0 radical (unpaired) electrons. The second-order valence-electron chi connectivity index (χ2n) is 5.92. The number of carbonyl (C=O) groups is 1. The predicted molar refractivity (Wildman–Crippen MR) is 84.5 cm³/mol. The summed E-state index contributed by atoms with van der Waals surface area (Å²) in [5, 5.41) is 0. The highest BCUT2D eigenvalue weighted by Crippen LogP contribution is 2.21. The monoisotopic (exact) mass is 315 g/mol. The minimum Gasteiger partial charge on any atom is -0.375 e. The quantitative estimate of drug-likeness (QED) is 0.820. The van der Waals surface area contributed by atoms with Crippen LogP contribution in [0.5, 0.6) is 0 Å². The number of hydrogen-bond acceptors (Lipinski definition) is 5. The predicted octanol–water partition coefficient (Wildman–Crippen LogP) is 0.914. The molecule has 1 fully saturated rings. The van der Waals surface area contributed by atoms with Gasteiger partial charge in [0.05, 0.1) is 30.1 Å². The lowest BCUT2D eigenvalue weighted by Crippen LogP contribution is -2.31. The smallest absolute Gasteiger partial charge is 0.248 e. The number of rotatable bonds is 5. The zero-order valence-corrected chi connectivity index (χ0v) is 13.5. The maximum atomic E-state index is 11.9. The summed E-state index contributed by atoms with van der Waals surface area (Å²) < 4.78 is 6.84. The SMILES string of the molecule is COCC(=O)N1CC[C@H](Cc2cncc(-c3cncn3C)n2)C1. The third-order valence-corrected chi connectivity index (χ3v) is 4.17. The second kappa shape index (κ2) is 6.87. The first kappa shape index (κ1) is 15.6. The van der Waals surface area contributed by atoms with Crippen LogP contribution in [-0.4, -0.2) is 57.1 Å². The van der Waals surface area contributed by atoms with Crippen LogP contribution in [0.2, 0.25) is 0 Å². The number of amides is 1. The van der Waals surface area contributed by atoms with Crippen molar-refractivity contribution in [1.29, 1.82) is 0 Å². The number of aromatic nitrogens is 4. The van der Waals surface area contributed by atoms with Gasteiger partial charge >= 0.3 is 0 Å². The van der Waals surface area contributed by atoms with Gasteiger partial charge in [0.25, 0.3) is 0 Å². The Morgan fingerprint density at radius 1 is 1.35 bits per heavy atom. The van der Waals surface area contributed by atoms with Crippen molar-refractivity contribution in [3.63, 3.8) is 0 Å². The summed E-state index contributed by atoms with van der Waals surface area (Å²) in [4.78, 5) is 26.8. The molecule has 7 nitrogen and oxygen atoms in total. The van der Waals surface area contributed by atoms with E-state index in [0.717, 1.165) is 43.0 Å². The van der Waals surface area contributed by atoms with Gasteiger partial charge in [-0.1, -0.05) is 0 Å². The minimum absolute atomic E-state index is 0.0599. The van der Waals surface area contributed by atoms with Crippen LogP contribution in [0.4, 0.5) is 0 Å². The van der Waals surface area contributed by atoms with Crippen LogP contribution in [0.3, 0.4) is 0 Å². The molecule has 1 aliphatic rings. The Hall–Kier alpha value is -2.28. The molecule has 0 bridgehead atoms. The number of imidazole rings is 1. The van der Waals surface area contributed by atoms with E-state index >= 15 is 0 Å². The summed E-state index contributed by atoms with van der Waals surface area (Å²) in [6, 6.07) is 0. The topological polar surface area (TPSA) is 73.1 Å². The molecule has 0 unspecified atom stereocenters. The van der Waals surface area contributed by atoms with Crippen molar-refractivity contribution in [2.45, 2.75) is 12.8 Å². The zero-order chi connectivity index (χ0) is 16.2. The third kappa shape index (κ3) is 3.56. The van der Waals surface area contributed by atoms with Crippen LogP contribution >= 0.6 is 0 Å². The molecule has 23 heavy (non-hydrogen) atoms. The molecule has 3 rings (SSSR count). The maximum Gasteiger partial charge on any atom is 0.248 e. The lowest BCUT2D eigenvalue weighted by atomic mass is 10.0. The maximum absolute atomic E-state index is 11.9. The molecular weight excluding hydrogens is 294 g/mol. The highest BCUT2D eigenvalue weighted by atomic mass is 16.5.